The van der Waals surface area contributed by atoms with Crippen LogP contribution in [0.3, 0.4) is 0 Å². The van der Waals surface area contributed by atoms with Crippen molar-refractivity contribution >= 4 is 0 Å². The Labute approximate surface area is 137 Å². The van der Waals surface area contributed by atoms with E-state index in [1.165, 1.54) is 24.0 Å². The van der Waals surface area contributed by atoms with Crippen LogP contribution >= 0.6 is 0 Å². The van der Waals surface area contributed by atoms with Gasteiger partial charge in [0.15, 0.2) is 0 Å². The molecule has 0 saturated carbocycles. The van der Waals surface area contributed by atoms with Gasteiger partial charge in [0.25, 0.3) is 0 Å². The number of aryl methyl sites for hydroxylation is 2. The first-order chi connectivity index (χ1) is 11.3. The molecule has 0 spiro atoms. The molecule has 1 aromatic carbocycles. The summed E-state index contributed by atoms with van der Waals surface area (Å²) in [6.07, 6.45) is 9.73. The predicted molar refractivity (Wildman–Crippen MR) is 90.3 cm³/mol. The molecule has 1 fully saturated rings. The summed E-state index contributed by atoms with van der Waals surface area (Å²) in [5.74, 6) is 1.04. The lowest BCUT2D eigenvalue weighted by Crippen LogP contribution is -2.47. The van der Waals surface area contributed by atoms with Crippen molar-refractivity contribution in [2.24, 2.45) is 7.05 Å². The Bertz CT molecular complexity index is 666. The van der Waals surface area contributed by atoms with Crippen LogP contribution in [-0.4, -0.2) is 28.2 Å². The van der Waals surface area contributed by atoms with Crippen LogP contribution in [0.1, 0.15) is 42.3 Å². The summed E-state index contributed by atoms with van der Waals surface area (Å²) in [5, 5.41) is 3.89. The van der Waals surface area contributed by atoms with Gasteiger partial charge in [-0.05, 0) is 43.2 Å². The predicted octanol–water partition coefficient (Wildman–Crippen LogP) is 2.79. The van der Waals surface area contributed by atoms with Gasteiger partial charge in [0.1, 0.15) is 11.9 Å². The average molecular weight is 311 g/mol. The third kappa shape index (κ3) is 3.06. The molecule has 2 aliphatic rings. The van der Waals surface area contributed by atoms with Gasteiger partial charge >= 0.3 is 0 Å². The quantitative estimate of drug-likeness (QED) is 0.947. The fourth-order valence-electron chi connectivity index (χ4n) is 4.00. The molecule has 122 valence electrons. The molecule has 3 atom stereocenters. The van der Waals surface area contributed by atoms with Crippen LogP contribution in [0.5, 0.6) is 0 Å². The number of benzene rings is 1. The smallest absolute Gasteiger partial charge is 0.139 e. The molecule has 23 heavy (non-hydrogen) atoms. The summed E-state index contributed by atoms with van der Waals surface area (Å²) in [7, 11) is 2.05. The van der Waals surface area contributed by atoms with Gasteiger partial charge in [-0.1, -0.05) is 24.3 Å². The number of aromatic nitrogens is 2. The molecule has 2 aromatic rings. The zero-order valence-electron chi connectivity index (χ0n) is 13.7. The number of fused-ring (bicyclic) bond motifs is 1. The maximum Gasteiger partial charge on any atom is 0.139 e. The number of imidazole rings is 1. The minimum absolute atomic E-state index is 0.0703. The van der Waals surface area contributed by atoms with Crippen molar-refractivity contribution in [3.8, 4) is 0 Å². The minimum atomic E-state index is 0.0703. The van der Waals surface area contributed by atoms with E-state index in [1.807, 2.05) is 19.4 Å². The van der Waals surface area contributed by atoms with Gasteiger partial charge in [-0.15, -0.1) is 0 Å². The van der Waals surface area contributed by atoms with Gasteiger partial charge in [-0.2, -0.15) is 0 Å². The molecule has 1 saturated heterocycles. The minimum Gasteiger partial charge on any atom is -0.369 e. The molecule has 0 amide bonds. The fourth-order valence-corrected chi connectivity index (χ4v) is 4.00. The Hall–Kier alpha value is -1.65. The highest BCUT2D eigenvalue weighted by atomic mass is 16.5. The normalized spacial score (nSPS) is 27.6. The van der Waals surface area contributed by atoms with Crippen LogP contribution in [0.25, 0.3) is 0 Å². The van der Waals surface area contributed by atoms with Crippen molar-refractivity contribution in [1.82, 2.24) is 14.9 Å². The number of hydrogen-bond donors (Lipinski definition) is 1. The standard InChI is InChI=1S/C19H25N3O/c1-22-11-10-20-19(22)18-17(7-4-12-23-18)21-16-9-8-14-5-2-3-6-15(14)13-16/h2-3,5-6,10-11,16-18,21H,4,7-9,12-13H2,1H3/t16-,17-,18-/m0/s1. The molecule has 1 aromatic heterocycles. The summed E-state index contributed by atoms with van der Waals surface area (Å²) in [4.78, 5) is 4.52. The monoisotopic (exact) mass is 311 g/mol. The van der Waals surface area contributed by atoms with Crippen molar-refractivity contribution in [2.75, 3.05) is 6.61 Å². The molecule has 1 aliphatic heterocycles. The molecule has 0 radical (unpaired) electrons. The number of ether oxygens (including phenoxy) is 1. The van der Waals surface area contributed by atoms with Crippen molar-refractivity contribution in [3.05, 3.63) is 53.6 Å². The molecule has 4 heteroatoms. The first-order valence-electron chi connectivity index (χ1n) is 8.73. The average Bonchev–Trinajstić information content (AvgIpc) is 3.01. The highest BCUT2D eigenvalue weighted by Gasteiger charge is 2.32. The first-order valence-corrected chi connectivity index (χ1v) is 8.73. The number of rotatable bonds is 3. The summed E-state index contributed by atoms with van der Waals surface area (Å²) in [5.41, 5.74) is 3.02. The molecule has 0 unspecified atom stereocenters. The molecule has 2 heterocycles. The van der Waals surface area contributed by atoms with E-state index in [-0.39, 0.29) is 6.10 Å². The number of nitrogens with zero attached hydrogens (tertiary/aromatic N) is 2. The van der Waals surface area contributed by atoms with E-state index in [1.54, 1.807) is 0 Å². The topological polar surface area (TPSA) is 39.1 Å². The zero-order chi connectivity index (χ0) is 15.6. The van der Waals surface area contributed by atoms with E-state index in [2.05, 4.69) is 39.1 Å². The Kier molecular flexibility index (Phi) is 4.19. The Balaban J connectivity index is 1.48. The van der Waals surface area contributed by atoms with Crippen LogP contribution in [-0.2, 0) is 24.6 Å². The Morgan fingerprint density at radius 3 is 2.91 bits per heavy atom. The summed E-state index contributed by atoms with van der Waals surface area (Å²) in [6, 6.07) is 9.75. The fraction of sp³-hybridized carbons (Fsp3) is 0.526. The molecule has 1 N–H and O–H groups in total. The second-order valence-electron chi connectivity index (χ2n) is 6.81. The molecule has 0 bridgehead atoms. The first kappa shape index (κ1) is 14.9. The SMILES string of the molecule is Cn1ccnc1[C@H]1OCCC[C@@H]1N[C@H]1CCc2ccccc2C1. The molecule has 4 nitrogen and oxygen atoms in total. The lowest BCUT2D eigenvalue weighted by Gasteiger charge is -2.36. The third-order valence-electron chi connectivity index (χ3n) is 5.23. The largest absolute Gasteiger partial charge is 0.369 e. The molecule has 1 aliphatic carbocycles. The van der Waals surface area contributed by atoms with Gasteiger partial charge in [-0.3, -0.25) is 0 Å². The number of hydrogen-bond acceptors (Lipinski definition) is 3. The second kappa shape index (κ2) is 6.46. The van der Waals surface area contributed by atoms with E-state index in [0.717, 1.165) is 31.7 Å². The van der Waals surface area contributed by atoms with Crippen LogP contribution in [0, 0.1) is 0 Å². The van der Waals surface area contributed by atoms with E-state index >= 15 is 0 Å². The van der Waals surface area contributed by atoms with Gasteiger partial charge in [0, 0.05) is 38.1 Å². The Morgan fingerprint density at radius 2 is 2.09 bits per heavy atom. The molecular weight excluding hydrogens is 286 g/mol. The van der Waals surface area contributed by atoms with Crippen LogP contribution in [0.4, 0.5) is 0 Å². The lowest BCUT2D eigenvalue weighted by atomic mass is 9.87. The maximum absolute atomic E-state index is 6.08. The van der Waals surface area contributed by atoms with Gasteiger partial charge in [-0.25, -0.2) is 4.98 Å². The van der Waals surface area contributed by atoms with E-state index in [4.69, 9.17) is 4.74 Å². The second-order valence-corrected chi connectivity index (χ2v) is 6.81. The van der Waals surface area contributed by atoms with Gasteiger partial charge in [0.2, 0.25) is 0 Å². The van der Waals surface area contributed by atoms with E-state index in [9.17, 15) is 0 Å². The van der Waals surface area contributed by atoms with Crippen LogP contribution < -0.4 is 5.32 Å². The summed E-state index contributed by atoms with van der Waals surface area (Å²) in [6.45, 7) is 0.837. The highest BCUT2D eigenvalue weighted by Crippen LogP contribution is 2.29. The van der Waals surface area contributed by atoms with Gasteiger partial charge in [0.05, 0.1) is 0 Å². The third-order valence-corrected chi connectivity index (χ3v) is 5.23. The molecule has 4 rings (SSSR count). The van der Waals surface area contributed by atoms with Crippen molar-refractivity contribution in [3.63, 3.8) is 0 Å². The van der Waals surface area contributed by atoms with Crippen LogP contribution in [0.15, 0.2) is 36.7 Å². The maximum atomic E-state index is 6.08. The zero-order valence-corrected chi connectivity index (χ0v) is 13.7. The lowest BCUT2D eigenvalue weighted by molar-refractivity contribution is -0.0208. The van der Waals surface area contributed by atoms with Crippen molar-refractivity contribution in [1.29, 1.82) is 0 Å². The van der Waals surface area contributed by atoms with Crippen molar-refractivity contribution < 1.29 is 4.74 Å². The summed E-state index contributed by atoms with van der Waals surface area (Å²) < 4.78 is 8.17. The highest BCUT2D eigenvalue weighted by molar-refractivity contribution is 5.30. The van der Waals surface area contributed by atoms with E-state index in [0.29, 0.717) is 12.1 Å². The number of nitrogens with one attached hydrogen (secondary N) is 1. The molecular formula is C19H25N3O. The van der Waals surface area contributed by atoms with Gasteiger partial charge < -0.3 is 14.6 Å². The van der Waals surface area contributed by atoms with Crippen LogP contribution in [0.2, 0.25) is 0 Å². The van der Waals surface area contributed by atoms with Crippen molar-refractivity contribution in [2.45, 2.75) is 50.3 Å². The van der Waals surface area contributed by atoms with E-state index < -0.39 is 0 Å². The Morgan fingerprint density at radius 1 is 1.22 bits per heavy atom. The summed E-state index contributed by atoms with van der Waals surface area (Å²) >= 11 is 0.